The Hall–Kier alpha value is -2.40. The summed E-state index contributed by atoms with van der Waals surface area (Å²) in [4.78, 5) is 12.3. The average Bonchev–Trinajstić information content (AvgIpc) is 2.57. The van der Waals surface area contributed by atoms with Crippen molar-refractivity contribution in [1.29, 1.82) is 0 Å². The van der Waals surface area contributed by atoms with Crippen LogP contribution >= 0.6 is 11.6 Å². The number of benzene rings is 2. The van der Waals surface area contributed by atoms with Crippen LogP contribution in [-0.2, 0) is 4.79 Å². The van der Waals surface area contributed by atoms with Crippen LogP contribution in [0, 0.1) is 6.92 Å². The van der Waals surface area contributed by atoms with Gasteiger partial charge in [-0.1, -0.05) is 11.6 Å². The van der Waals surface area contributed by atoms with Gasteiger partial charge in [0.05, 0.1) is 14.2 Å². The monoisotopic (exact) mass is 349 g/mol. The van der Waals surface area contributed by atoms with Gasteiger partial charge in [-0.05, 0) is 49.7 Å². The summed E-state index contributed by atoms with van der Waals surface area (Å²) in [5.41, 5.74) is 1.47. The standard InChI is InChI=1S/C18H20ClNO4/c1-11-9-13(19)5-7-15(11)24-12(2)18(21)20-14-6-8-16(22-3)17(10-14)23-4/h5-10,12H,1-4H3,(H,20,21). The highest BCUT2D eigenvalue weighted by Crippen LogP contribution is 2.30. The number of hydrogen-bond acceptors (Lipinski definition) is 4. The van der Waals surface area contributed by atoms with Gasteiger partial charge < -0.3 is 19.5 Å². The molecule has 0 aliphatic heterocycles. The predicted octanol–water partition coefficient (Wildman–Crippen LogP) is 4.07. The summed E-state index contributed by atoms with van der Waals surface area (Å²) < 4.78 is 16.1. The van der Waals surface area contributed by atoms with Crippen LogP contribution < -0.4 is 19.5 Å². The van der Waals surface area contributed by atoms with Gasteiger partial charge in [0.1, 0.15) is 5.75 Å². The van der Waals surface area contributed by atoms with Crippen molar-refractivity contribution in [3.63, 3.8) is 0 Å². The van der Waals surface area contributed by atoms with Crippen molar-refractivity contribution in [3.05, 3.63) is 47.0 Å². The first-order valence-electron chi connectivity index (χ1n) is 7.40. The molecule has 5 nitrogen and oxygen atoms in total. The number of halogens is 1. The third-order valence-corrected chi connectivity index (χ3v) is 3.70. The summed E-state index contributed by atoms with van der Waals surface area (Å²) in [5.74, 6) is 1.49. The van der Waals surface area contributed by atoms with Crippen molar-refractivity contribution in [2.75, 3.05) is 19.5 Å². The van der Waals surface area contributed by atoms with Gasteiger partial charge in [-0.3, -0.25) is 4.79 Å². The zero-order chi connectivity index (χ0) is 17.7. The van der Waals surface area contributed by atoms with Gasteiger partial charge in [0.2, 0.25) is 0 Å². The summed E-state index contributed by atoms with van der Waals surface area (Å²) >= 11 is 5.92. The minimum absolute atomic E-state index is 0.267. The number of carbonyl (C=O) groups is 1. The van der Waals surface area contributed by atoms with Crippen LogP contribution in [0.5, 0.6) is 17.2 Å². The fourth-order valence-corrected chi connectivity index (χ4v) is 2.37. The molecule has 0 heterocycles. The second kappa shape index (κ2) is 7.93. The molecule has 2 aromatic carbocycles. The van der Waals surface area contributed by atoms with Gasteiger partial charge in [-0.2, -0.15) is 0 Å². The van der Waals surface area contributed by atoms with E-state index in [-0.39, 0.29) is 5.91 Å². The third-order valence-electron chi connectivity index (χ3n) is 3.46. The largest absolute Gasteiger partial charge is 0.493 e. The first kappa shape index (κ1) is 17.9. The van der Waals surface area contributed by atoms with E-state index in [1.54, 1.807) is 57.5 Å². The molecule has 0 radical (unpaired) electrons. The molecule has 0 spiro atoms. The SMILES string of the molecule is COc1ccc(NC(=O)C(C)Oc2ccc(Cl)cc2C)cc1OC. The highest BCUT2D eigenvalue weighted by Gasteiger charge is 2.17. The number of amides is 1. The van der Waals surface area contributed by atoms with Gasteiger partial charge in [-0.25, -0.2) is 0 Å². The van der Waals surface area contributed by atoms with Crippen molar-refractivity contribution in [2.24, 2.45) is 0 Å². The fourth-order valence-electron chi connectivity index (χ4n) is 2.15. The fraction of sp³-hybridized carbons (Fsp3) is 0.278. The maximum absolute atomic E-state index is 12.3. The number of methoxy groups -OCH3 is 2. The van der Waals surface area contributed by atoms with Crippen molar-refractivity contribution in [3.8, 4) is 17.2 Å². The smallest absolute Gasteiger partial charge is 0.265 e. The lowest BCUT2D eigenvalue weighted by Crippen LogP contribution is -2.30. The molecule has 0 saturated carbocycles. The Morgan fingerprint density at radius 3 is 2.33 bits per heavy atom. The summed E-state index contributed by atoms with van der Waals surface area (Å²) in [6.45, 7) is 3.56. The highest BCUT2D eigenvalue weighted by atomic mass is 35.5. The zero-order valence-electron chi connectivity index (χ0n) is 14.1. The van der Waals surface area contributed by atoms with E-state index in [9.17, 15) is 4.79 Å². The van der Waals surface area contributed by atoms with E-state index >= 15 is 0 Å². The summed E-state index contributed by atoms with van der Waals surface area (Å²) in [7, 11) is 3.10. The summed E-state index contributed by atoms with van der Waals surface area (Å²) in [6.07, 6.45) is -0.669. The average molecular weight is 350 g/mol. The molecule has 0 bridgehead atoms. The Morgan fingerprint density at radius 2 is 1.71 bits per heavy atom. The molecule has 1 N–H and O–H groups in total. The number of hydrogen-bond donors (Lipinski definition) is 1. The maximum atomic E-state index is 12.3. The number of nitrogens with one attached hydrogen (secondary N) is 1. The number of aryl methyl sites for hydroxylation is 1. The van der Waals surface area contributed by atoms with E-state index in [1.165, 1.54) is 0 Å². The minimum atomic E-state index is -0.669. The number of ether oxygens (including phenoxy) is 3. The topological polar surface area (TPSA) is 56.8 Å². The molecule has 0 fully saturated rings. The molecule has 2 rings (SSSR count). The first-order chi connectivity index (χ1) is 11.4. The molecule has 0 aliphatic carbocycles. The van der Waals surface area contributed by atoms with E-state index in [0.717, 1.165) is 5.56 Å². The maximum Gasteiger partial charge on any atom is 0.265 e. The summed E-state index contributed by atoms with van der Waals surface area (Å²) in [5, 5.41) is 3.42. The van der Waals surface area contributed by atoms with Crippen molar-refractivity contribution in [1.82, 2.24) is 0 Å². The second-order valence-electron chi connectivity index (χ2n) is 5.23. The lowest BCUT2D eigenvalue weighted by molar-refractivity contribution is -0.122. The molecule has 1 unspecified atom stereocenters. The van der Waals surface area contributed by atoms with Crippen molar-refractivity contribution < 1.29 is 19.0 Å². The minimum Gasteiger partial charge on any atom is -0.493 e. The van der Waals surface area contributed by atoms with Crippen molar-refractivity contribution in [2.45, 2.75) is 20.0 Å². The molecule has 128 valence electrons. The predicted molar refractivity (Wildman–Crippen MR) is 94.5 cm³/mol. The molecular weight excluding hydrogens is 330 g/mol. The lowest BCUT2D eigenvalue weighted by atomic mass is 10.2. The van der Waals surface area contributed by atoms with Crippen LogP contribution in [0.2, 0.25) is 5.02 Å². The summed E-state index contributed by atoms with van der Waals surface area (Å²) in [6, 6.07) is 10.4. The number of rotatable bonds is 6. The van der Waals surface area contributed by atoms with Crippen LogP contribution in [0.15, 0.2) is 36.4 Å². The van der Waals surface area contributed by atoms with Crippen LogP contribution in [0.4, 0.5) is 5.69 Å². The zero-order valence-corrected chi connectivity index (χ0v) is 14.8. The van der Waals surface area contributed by atoms with Crippen LogP contribution in [0.25, 0.3) is 0 Å². The normalized spacial score (nSPS) is 11.5. The number of carbonyl (C=O) groups excluding carboxylic acids is 1. The van der Waals surface area contributed by atoms with E-state index in [1.807, 2.05) is 6.92 Å². The second-order valence-corrected chi connectivity index (χ2v) is 5.67. The van der Waals surface area contributed by atoms with Crippen molar-refractivity contribution >= 4 is 23.2 Å². The van der Waals surface area contributed by atoms with E-state index in [2.05, 4.69) is 5.32 Å². The third kappa shape index (κ3) is 4.32. The molecule has 1 amide bonds. The van der Waals surface area contributed by atoms with E-state index < -0.39 is 6.10 Å². The van der Waals surface area contributed by atoms with E-state index in [4.69, 9.17) is 25.8 Å². The first-order valence-corrected chi connectivity index (χ1v) is 7.78. The Bertz CT molecular complexity index is 733. The van der Waals surface area contributed by atoms with Gasteiger partial charge in [0, 0.05) is 16.8 Å². The van der Waals surface area contributed by atoms with E-state index in [0.29, 0.717) is 28.0 Å². The lowest BCUT2D eigenvalue weighted by Gasteiger charge is -2.17. The molecule has 0 aromatic heterocycles. The van der Waals surface area contributed by atoms with Crippen LogP contribution in [0.3, 0.4) is 0 Å². The van der Waals surface area contributed by atoms with Crippen LogP contribution in [-0.4, -0.2) is 26.2 Å². The Labute approximate surface area is 146 Å². The molecule has 2 aromatic rings. The van der Waals surface area contributed by atoms with Gasteiger partial charge in [-0.15, -0.1) is 0 Å². The molecule has 6 heteroatoms. The Balaban J connectivity index is 2.06. The highest BCUT2D eigenvalue weighted by molar-refractivity contribution is 6.30. The number of anilines is 1. The Kier molecular flexibility index (Phi) is 5.93. The van der Waals surface area contributed by atoms with Gasteiger partial charge in [0.15, 0.2) is 17.6 Å². The molecule has 1 atom stereocenters. The van der Waals surface area contributed by atoms with Gasteiger partial charge >= 0.3 is 0 Å². The Morgan fingerprint density at radius 1 is 1.04 bits per heavy atom. The molecule has 0 aliphatic rings. The molecular formula is C18H20ClNO4. The van der Waals surface area contributed by atoms with Gasteiger partial charge in [0.25, 0.3) is 5.91 Å². The quantitative estimate of drug-likeness (QED) is 0.854. The molecule has 24 heavy (non-hydrogen) atoms. The van der Waals surface area contributed by atoms with Crippen LogP contribution in [0.1, 0.15) is 12.5 Å². The molecule has 0 saturated heterocycles.